The molecule has 3 aromatic rings. The van der Waals surface area contributed by atoms with E-state index in [1.807, 2.05) is 12.1 Å². The van der Waals surface area contributed by atoms with Gasteiger partial charge in [0, 0.05) is 24.0 Å². The normalized spacial score (nSPS) is 16.6. The number of amidine groups is 1. The third-order valence-corrected chi connectivity index (χ3v) is 8.70. The van der Waals surface area contributed by atoms with E-state index in [9.17, 15) is 21.6 Å². The SMILES string of the molecule is O=C(CN1c2cccc3cccc(c23)S1(=O)=O)Nc1cccc(S(=O)(=O)NC2=NCCC2)c1. The second kappa shape index (κ2) is 7.85. The van der Waals surface area contributed by atoms with Crippen molar-refractivity contribution in [2.45, 2.75) is 22.6 Å². The first kappa shape index (κ1) is 21.4. The Balaban J connectivity index is 1.36. The third kappa shape index (κ3) is 3.83. The Kier molecular flexibility index (Phi) is 5.09. The van der Waals surface area contributed by atoms with E-state index in [2.05, 4.69) is 15.0 Å². The molecule has 0 radical (unpaired) electrons. The predicted molar refractivity (Wildman–Crippen MR) is 125 cm³/mol. The van der Waals surface area contributed by atoms with Crippen molar-refractivity contribution in [3.8, 4) is 0 Å². The minimum absolute atomic E-state index is 0.0270. The fourth-order valence-corrected chi connectivity index (χ4v) is 6.84. The number of carbonyl (C=O) groups is 1. The first-order chi connectivity index (χ1) is 15.8. The molecule has 2 aliphatic rings. The number of nitrogens with one attached hydrogen (secondary N) is 2. The molecule has 170 valence electrons. The summed E-state index contributed by atoms with van der Waals surface area (Å²) in [6.07, 6.45) is 1.36. The van der Waals surface area contributed by atoms with Gasteiger partial charge in [-0.2, -0.15) is 0 Å². The minimum atomic E-state index is -3.88. The molecule has 0 aromatic heterocycles. The Morgan fingerprint density at radius 2 is 1.82 bits per heavy atom. The fourth-order valence-electron chi connectivity index (χ4n) is 4.04. The van der Waals surface area contributed by atoms with Crippen molar-refractivity contribution >= 4 is 53.9 Å². The van der Waals surface area contributed by atoms with Crippen LogP contribution in [0, 0.1) is 0 Å². The highest BCUT2D eigenvalue weighted by Gasteiger charge is 2.36. The van der Waals surface area contributed by atoms with Gasteiger partial charge in [0.2, 0.25) is 5.91 Å². The quantitative estimate of drug-likeness (QED) is 0.576. The zero-order valence-electron chi connectivity index (χ0n) is 17.4. The Hall–Kier alpha value is -3.44. The molecular weight excluding hydrogens is 464 g/mol. The molecule has 5 rings (SSSR count). The van der Waals surface area contributed by atoms with Crippen molar-refractivity contribution in [3.05, 3.63) is 60.7 Å². The van der Waals surface area contributed by atoms with Crippen LogP contribution in [0.1, 0.15) is 12.8 Å². The summed E-state index contributed by atoms with van der Waals surface area (Å²) in [6, 6.07) is 16.0. The van der Waals surface area contributed by atoms with Crippen LogP contribution < -0.4 is 14.3 Å². The lowest BCUT2D eigenvalue weighted by molar-refractivity contribution is -0.114. The summed E-state index contributed by atoms with van der Waals surface area (Å²) in [5, 5.41) is 3.96. The van der Waals surface area contributed by atoms with E-state index in [0.717, 1.165) is 16.1 Å². The maximum absolute atomic E-state index is 13.1. The van der Waals surface area contributed by atoms with E-state index in [1.165, 1.54) is 30.3 Å². The van der Waals surface area contributed by atoms with E-state index in [1.54, 1.807) is 18.2 Å². The lowest BCUT2D eigenvalue weighted by Crippen LogP contribution is -2.35. The molecule has 33 heavy (non-hydrogen) atoms. The topological polar surface area (TPSA) is 125 Å². The number of benzene rings is 3. The number of aliphatic imine (C=N–C) groups is 1. The molecule has 0 aliphatic carbocycles. The van der Waals surface area contributed by atoms with Crippen molar-refractivity contribution in [3.63, 3.8) is 0 Å². The molecule has 2 aliphatic heterocycles. The first-order valence-electron chi connectivity index (χ1n) is 10.3. The lowest BCUT2D eigenvalue weighted by atomic mass is 10.1. The average Bonchev–Trinajstić information content (AvgIpc) is 3.36. The highest BCUT2D eigenvalue weighted by Crippen LogP contribution is 2.41. The molecule has 0 bridgehead atoms. The molecule has 3 aromatic carbocycles. The van der Waals surface area contributed by atoms with Crippen molar-refractivity contribution in [1.82, 2.24) is 4.72 Å². The monoisotopic (exact) mass is 484 g/mol. The van der Waals surface area contributed by atoms with E-state index >= 15 is 0 Å². The average molecular weight is 485 g/mol. The molecule has 0 atom stereocenters. The van der Waals surface area contributed by atoms with Crippen LogP contribution in [-0.2, 0) is 24.8 Å². The molecule has 0 saturated heterocycles. The molecule has 2 N–H and O–H groups in total. The molecule has 0 unspecified atom stereocenters. The van der Waals surface area contributed by atoms with Crippen LogP contribution in [0.15, 0.2) is 75.4 Å². The first-order valence-corrected chi connectivity index (χ1v) is 13.2. The van der Waals surface area contributed by atoms with Crippen LogP contribution in [0.4, 0.5) is 11.4 Å². The number of carbonyl (C=O) groups excluding carboxylic acids is 1. The van der Waals surface area contributed by atoms with Gasteiger partial charge in [0.05, 0.1) is 15.5 Å². The summed E-state index contributed by atoms with van der Waals surface area (Å²) in [4.78, 5) is 17.0. The van der Waals surface area contributed by atoms with Crippen LogP contribution in [0.3, 0.4) is 0 Å². The second-order valence-corrected chi connectivity index (χ2v) is 11.3. The summed E-state index contributed by atoms with van der Waals surface area (Å²) in [5.41, 5.74) is 0.680. The summed E-state index contributed by atoms with van der Waals surface area (Å²) < 4.78 is 54.9. The van der Waals surface area contributed by atoms with Crippen LogP contribution in [-0.4, -0.2) is 41.7 Å². The van der Waals surface area contributed by atoms with Gasteiger partial charge in [-0.3, -0.25) is 18.8 Å². The number of rotatable bonds is 5. The van der Waals surface area contributed by atoms with Gasteiger partial charge in [-0.1, -0.05) is 30.3 Å². The van der Waals surface area contributed by atoms with Gasteiger partial charge in [-0.05, 0) is 42.1 Å². The maximum Gasteiger partial charge on any atom is 0.265 e. The molecule has 0 fully saturated rings. The van der Waals surface area contributed by atoms with E-state index in [4.69, 9.17) is 0 Å². The van der Waals surface area contributed by atoms with Gasteiger partial charge in [0.25, 0.3) is 20.0 Å². The summed E-state index contributed by atoms with van der Waals surface area (Å²) in [6.45, 7) is 0.146. The molecule has 1 amide bonds. The van der Waals surface area contributed by atoms with Crippen LogP contribution in [0.5, 0.6) is 0 Å². The Labute approximate surface area is 191 Å². The maximum atomic E-state index is 13.1. The predicted octanol–water partition coefficient (Wildman–Crippen LogP) is 2.46. The van der Waals surface area contributed by atoms with Crippen molar-refractivity contribution in [2.24, 2.45) is 4.99 Å². The van der Waals surface area contributed by atoms with Crippen LogP contribution in [0.25, 0.3) is 10.8 Å². The molecule has 0 spiro atoms. The molecular formula is C22H20N4O5S2. The van der Waals surface area contributed by atoms with Crippen LogP contribution >= 0.6 is 0 Å². The highest BCUT2D eigenvalue weighted by molar-refractivity contribution is 7.93. The summed E-state index contributed by atoms with van der Waals surface area (Å²) in [7, 11) is -7.72. The van der Waals surface area contributed by atoms with Gasteiger partial charge in [-0.15, -0.1) is 0 Å². The zero-order chi connectivity index (χ0) is 23.2. The smallest absolute Gasteiger partial charge is 0.265 e. The number of sulfonamides is 2. The van der Waals surface area contributed by atoms with Crippen molar-refractivity contribution < 1.29 is 21.6 Å². The third-order valence-electron chi connectivity index (χ3n) is 5.52. The summed E-state index contributed by atoms with van der Waals surface area (Å²) in [5.74, 6) is -0.177. The Bertz CT molecular complexity index is 1530. The number of hydrogen-bond donors (Lipinski definition) is 2. The second-order valence-electron chi connectivity index (χ2n) is 7.76. The zero-order valence-corrected chi connectivity index (χ0v) is 19.0. The van der Waals surface area contributed by atoms with E-state index in [0.29, 0.717) is 29.9 Å². The van der Waals surface area contributed by atoms with Crippen molar-refractivity contribution in [1.29, 1.82) is 0 Å². The van der Waals surface area contributed by atoms with Gasteiger partial charge < -0.3 is 5.32 Å². The van der Waals surface area contributed by atoms with Crippen molar-refractivity contribution in [2.75, 3.05) is 22.7 Å². The number of anilines is 2. The molecule has 11 heteroatoms. The largest absolute Gasteiger partial charge is 0.324 e. The van der Waals surface area contributed by atoms with E-state index < -0.39 is 32.5 Å². The molecule has 2 heterocycles. The van der Waals surface area contributed by atoms with Gasteiger partial charge in [0.1, 0.15) is 12.4 Å². The highest BCUT2D eigenvalue weighted by atomic mass is 32.2. The standard InChI is InChI=1S/C22H20N4O5S2/c27-21(14-26-18-9-1-5-15-6-2-10-19(22(15)18)33(26,30)31)24-16-7-3-8-17(13-16)32(28,29)25-20-11-4-12-23-20/h1-3,5-10,13H,4,11-12,14H2,(H,23,25)(H,24,27). The van der Waals surface area contributed by atoms with Gasteiger partial charge in [-0.25, -0.2) is 16.8 Å². The number of nitrogens with zero attached hydrogens (tertiary/aromatic N) is 2. The summed E-state index contributed by atoms with van der Waals surface area (Å²) >= 11 is 0. The molecule has 0 saturated carbocycles. The number of hydrogen-bond acceptors (Lipinski definition) is 6. The molecule has 9 nitrogen and oxygen atoms in total. The minimum Gasteiger partial charge on any atom is -0.324 e. The van der Waals surface area contributed by atoms with Gasteiger partial charge >= 0.3 is 0 Å². The lowest BCUT2D eigenvalue weighted by Gasteiger charge is -2.18. The van der Waals surface area contributed by atoms with Gasteiger partial charge in [0.15, 0.2) is 0 Å². The Morgan fingerprint density at radius 1 is 1.06 bits per heavy atom. The van der Waals surface area contributed by atoms with E-state index in [-0.39, 0.29) is 15.5 Å². The fraction of sp³-hybridized carbons (Fsp3) is 0.182. The Morgan fingerprint density at radius 3 is 2.58 bits per heavy atom. The number of amides is 1. The van der Waals surface area contributed by atoms with Crippen LogP contribution in [0.2, 0.25) is 0 Å².